The molecule has 0 unspecified atom stereocenters. The van der Waals surface area contributed by atoms with Gasteiger partial charge in [-0.3, -0.25) is 14.7 Å². The highest BCUT2D eigenvalue weighted by molar-refractivity contribution is 5.87. The minimum Gasteiger partial charge on any atom is -0.478 e. The van der Waals surface area contributed by atoms with Crippen LogP contribution in [0.4, 0.5) is 0 Å². The monoisotopic (exact) mass is 286 g/mol. The Morgan fingerprint density at radius 1 is 1.24 bits per heavy atom. The molecule has 2 heterocycles. The van der Waals surface area contributed by atoms with E-state index in [1.807, 2.05) is 0 Å². The van der Waals surface area contributed by atoms with Gasteiger partial charge in [-0.05, 0) is 18.2 Å². The van der Waals surface area contributed by atoms with Crippen molar-refractivity contribution in [2.24, 2.45) is 0 Å². The van der Waals surface area contributed by atoms with Crippen molar-refractivity contribution in [3.8, 4) is 0 Å². The largest absolute Gasteiger partial charge is 0.478 e. The SMILES string of the molecule is O=C(O)c1coc(Cn2[nH]c(=O)c3ccccc3c2=O)c1. The van der Waals surface area contributed by atoms with E-state index in [1.165, 1.54) is 6.07 Å². The maximum absolute atomic E-state index is 12.3. The minimum absolute atomic E-state index is 0.0128. The number of aromatic carboxylic acids is 1. The Hall–Kier alpha value is -3.09. The predicted octanol–water partition coefficient (Wildman–Crippen LogP) is 1.03. The van der Waals surface area contributed by atoms with Crippen molar-refractivity contribution in [1.29, 1.82) is 0 Å². The number of benzene rings is 1. The Balaban J connectivity index is 2.08. The number of carbonyl (C=O) groups is 1. The number of hydrogen-bond acceptors (Lipinski definition) is 4. The van der Waals surface area contributed by atoms with E-state index in [1.54, 1.807) is 24.3 Å². The maximum atomic E-state index is 12.3. The number of carboxylic acid groups (broad SMARTS) is 1. The molecule has 7 heteroatoms. The highest BCUT2D eigenvalue weighted by Gasteiger charge is 2.11. The minimum atomic E-state index is -1.12. The normalized spacial score (nSPS) is 10.9. The zero-order valence-electron chi connectivity index (χ0n) is 10.7. The van der Waals surface area contributed by atoms with Gasteiger partial charge in [0, 0.05) is 0 Å². The van der Waals surface area contributed by atoms with Crippen LogP contribution in [0.3, 0.4) is 0 Å². The van der Waals surface area contributed by atoms with Crippen LogP contribution in [0.5, 0.6) is 0 Å². The molecule has 7 nitrogen and oxygen atoms in total. The Kier molecular flexibility index (Phi) is 2.94. The van der Waals surface area contributed by atoms with Gasteiger partial charge in [-0.2, -0.15) is 0 Å². The van der Waals surface area contributed by atoms with Gasteiger partial charge in [0.25, 0.3) is 11.1 Å². The van der Waals surface area contributed by atoms with E-state index < -0.39 is 11.5 Å². The fourth-order valence-corrected chi connectivity index (χ4v) is 2.09. The van der Waals surface area contributed by atoms with Crippen LogP contribution in [0.1, 0.15) is 16.1 Å². The van der Waals surface area contributed by atoms with Crippen LogP contribution in [0.2, 0.25) is 0 Å². The molecule has 0 spiro atoms. The summed E-state index contributed by atoms with van der Waals surface area (Å²) in [5.41, 5.74) is -0.783. The standard InChI is InChI=1S/C14H10N2O5/c17-12-10-3-1-2-4-11(10)13(18)16(15-12)6-9-5-8(7-21-9)14(19)20/h1-5,7H,6H2,(H,15,17)(H,19,20). The quantitative estimate of drug-likeness (QED) is 0.748. The van der Waals surface area contributed by atoms with Crippen molar-refractivity contribution in [2.45, 2.75) is 6.54 Å². The first-order valence-electron chi connectivity index (χ1n) is 6.09. The summed E-state index contributed by atoms with van der Waals surface area (Å²) < 4.78 is 6.17. The van der Waals surface area contributed by atoms with E-state index in [2.05, 4.69) is 5.10 Å². The molecule has 1 aromatic carbocycles. The number of aromatic amines is 1. The van der Waals surface area contributed by atoms with E-state index in [9.17, 15) is 14.4 Å². The molecule has 0 fully saturated rings. The third kappa shape index (κ3) is 2.25. The molecule has 21 heavy (non-hydrogen) atoms. The Labute approximate surface area is 117 Å². The fourth-order valence-electron chi connectivity index (χ4n) is 2.09. The second-order valence-corrected chi connectivity index (χ2v) is 4.48. The number of carboxylic acids is 1. The molecule has 106 valence electrons. The van der Waals surface area contributed by atoms with Crippen LogP contribution in [0.15, 0.2) is 50.6 Å². The van der Waals surface area contributed by atoms with Gasteiger partial charge in [0.05, 0.1) is 16.3 Å². The molecular formula is C14H10N2O5. The summed E-state index contributed by atoms with van der Waals surface area (Å²) in [4.78, 5) is 35.0. The average Bonchev–Trinajstić information content (AvgIpc) is 2.93. The van der Waals surface area contributed by atoms with Gasteiger partial charge in [-0.15, -0.1) is 0 Å². The number of furan rings is 1. The van der Waals surface area contributed by atoms with E-state index in [-0.39, 0.29) is 23.4 Å². The first-order chi connectivity index (χ1) is 10.1. The smallest absolute Gasteiger partial charge is 0.338 e. The third-order valence-electron chi connectivity index (χ3n) is 3.10. The van der Waals surface area contributed by atoms with Gasteiger partial charge in [0.2, 0.25) is 0 Å². The summed E-state index contributed by atoms with van der Waals surface area (Å²) in [5.74, 6) is -0.857. The molecule has 0 bridgehead atoms. The Morgan fingerprint density at radius 3 is 2.62 bits per heavy atom. The molecule has 3 rings (SSSR count). The van der Waals surface area contributed by atoms with E-state index in [0.717, 1.165) is 10.9 Å². The number of rotatable bonds is 3. The lowest BCUT2D eigenvalue weighted by atomic mass is 10.2. The lowest BCUT2D eigenvalue weighted by Gasteiger charge is -2.04. The van der Waals surface area contributed by atoms with E-state index in [0.29, 0.717) is 10.8 Å². The molecule has 0 atom stereocenters. The number of hydrogen-bond donors (Lipinski definition) is 2. The van der Waals surface area contributed by atoms with Gasteiger partial charge < -0.3 is 9.52 Å². The number of nitrogens with zero attached hydrogens (tertiary/aromatic N) is 1. The van der Waals surface area contributed by atoms with Crippen molar-refractivity contribution in [3.63, 3.8) is 0 Å². The summed E-state index contributed by atoms with van der Waals surface area (Å²) in [5, 5.41) is 11.9. The summed E-state index contributed by atoms with van der Waals surface area (Å²) in [6.45, 7) is -0.0494. The van der Waals surface area contributed by atoms with Crippen molar-refractivity contribution in [3.05, 3.63) is 68.6 Å². The highest BCUT2D eigenvalue weighted by atomic mass is 16.4. The van der Waals surface area contributed by atoms with Crippen LogP contribution >= 0.6 is 0 Å². The topological polar surface area (TPSA) is 105 Å². The lowest BCUT2D eigenvalue weighted by Crippen LogP contribution is -2.30. The van der Waals surface area contributed by atoms with Crippen LogP contribution in [0.25, 0.3) is 10.8 Å². The van der Waals surface area contributed by atoms with Crippen molar-refractivity contribution in [2.75, 3.05) is 0 Å². The van der Waals surface area contributed by atoms with Gasteiger partial charge >= 0.3 is 5.97 Å². The number of fused-ring (bicyclic) bond motifs is 1. The summed E-state index contributed by atoms with van der Waals surface area (Å²) >= 11 is 0. The Bertz CT molecular complexity index is 948. The molecule has 2 aromatic heterocycles. The Morgan fingerprint density at radius 2 is 1.95 bits per heavy atom. The first-order valence-corrected chi connectivity index (χ1v) is 6.09. The molecule has 0 aliphatic rings. The number of nitrogens with one attached hydrogen (secondary N) is 1. The zero-order valence-corrected chi connectivity index (χ0v) is 10.7. The molecule has 0 saturated heterocycles. The van der Waals surface area contributed by atoms with Gasteiger partial charge in [0.15, 0.2) is 0 Å². The number of H-pyrrole nitrogens is 1. The molecule has 0 amide bonds. The molecular weight excluding hydrogens is 276 g/mol. The van der Waals surface area contributed by atoms with Crippen LogP contribution in [-0.2, 0) is 6.54 Å². The lowest BCUT2D eigenvalue weighted by molar-refractivity contribution is 0.0696. The van der Waals surface area contributed by atoms with Crippen LogP contribution in [0, 0.1) is 0 Å². The molecule has 0 saturated carbocycles. The van der Waals surface area contributed by atoms with E-state index in [4.69, 9.17) is 9.52 Å². The van der Waals surface area contributed by atoms with Crippen molar-refractivity contribution < 1.29 is 14.3 Å². The summed E-state index contributed by atoms with van der Waals surface area (Å²) in [7, 11) is 0. The van der Waals surface area contributed by atoms with Crippen molar-refractivity contribution in [1.82, 2.24) is 9.78 Å². The predicted molar refractivity (Wildman–Crippen MR) is 73.6 cm³/mol. The van der Waals surface area contributed by atoms with Gasteiger partial charge in [-0.1, -0.05) is 12.1 Å². The van der Waals surface area contributed by atoms with Crippen LogP contribution in [-0.4, -0.2) is 20.9 Å². The van der Waals surface area contributed by atoms with Gasteiger partial charge in [0.1, 0.15) is 18.6 Å². The molecule has 0 aliphatic heterocycles. The summed E-state index contributed by atoms with van der Waals surface area (Å²) in [6, 6.07) is 7.78. The molecule has 2 N–H and O–H groups in total. The summed E-state index contributed by atoms with van der Waals surface area (Å²) in [6.07, 6.45) is 1.09. The zero-order chi connectivity index (χ0) is 15.0. The fraction of sp³-hybridized carbons (Fsp3) is 0.0714. The molecule has 0 radical (unpaired) electrons. The third-order valence-corrected chi connectivity index (χ3v) is 3.10. The van der Waals surface area contributed by atoms with Gasteiger partial charge in [-0.25, -0.2) is 9.48 Å². The molecule has 3 aromatic rings. The highest BCUT2D eigenvalue weighted by Crippen LogP contribution is 2.09. The average molecular weight is 286 g/mol. The first kappa shape index (κ1) is 12.9. The molecule has 0 aliphatic carbocycles. The second kappa shape index (κ2) is 4.78. The van der Waals surface area contributed by atoms with E-state index >= 15 is 0 Å². The number of aromatic nitrogens is 2. The second-order valence-electron chi connectivity index (χ2n) is 4.48. The maximum Gasteiger partial charge on any atom is 0.338 e. The van der Waals surface area contributed by atoms with Crippen molar-refractivity contribution >= 4 is 16.7 Å². The van der Waals surface area contributed by atoms with Crippen LogP contribution < -0.4 is 11.1 Å².